The molecule has 0 atom stereocenters. The van der Waals surface area contributed by atoms with Gasteiger partial charge in [0.2, 0.25) is 0 Å². The maximum Gasteiger partial charge on any atom is 0.328 e. The van der Waals surface area contributed by atoms with E-state index >= 15 is 0 Å². The Morgan fingerprint density at radius 3 is 2.50 bits per heavy atom. The van der Waals surface area contributed by atoms with E-state index in [0.29, 0.717) is 0 Å². The topological polar surface area (TPSA) is 46.5 Å². The summed E-state index contributed by atoms with van der Waals surface area (Å²) in [6.07, 6.45) is 4.45. The SMILES string of the molecule is COc1cc(C)c(/C(C)=C/C=C/C(=O)O)cc1C. The quantitative estimate of drug-likeness (QED) is 0.654. The first-order valence-electron chi connectivity index (χ1n) is 5.69. The lowest BCUT2D eigenvalue weighted by Gasteiger charge is -2.11. The molecule has 1 aromatic rings. The summed E-state index contributed by atoms with van der Waals surface area (Å²) in [4.78, 5) is 10.4. The number of carboxylic acid groups (broad SMARTS) is 1. The Kier molecular flexibility index (Phi) is 4.72. The Morgan fingerprint density at radius 1 is 1.28 bits per heavy atom. The highest BCUT2D eigenvalue weighted by atomic mass is 16.5. The molecule has 0 aliphatic carbocycles. The van der Waals surface area contributed by atoms with Crippen molar-refractivity contribution >= 4 is 11.5 Å². The molecule has 0 heterocycles. The van der Waals surface area contributed by atoms with Crippen LogP contribution in [0.25, 0.3) is 5.57 Å². The van der Waals surface area contributed by atoms with Gasteiger partial charge in [0.15, 0.2) is 0 Å². The minimum atomic E-state index is -0.943. The van der Waals surface area contributed by atoms with Gasteiger partial charge in [-0.15, -0.1) is 0 Å². The van der Waals surface area contributed by atoms with Gasteiger partial charge in [-0.3, -0.25) is 0 Å². The summed E-state index contributed by atoms with van der Waals surface area (Å²) in [5, 5.41) is 8.53. The highest BCUT2D eigenvalue weighted by Gasteiger charge is 2.05. The fraction of sp³-hybridized carbons (Fsp3) is 0.267. The van der Waals surface area contributed by atoms with Crippen molar-refractivity contribution in [2.75, 3.05) is 7.11 Å². The van der Waals surface area contributed by atoms with Gasteiger partial charge < -0.3 is 9.84 Å². The van der Waals surface area contributed by atoms with Crippen LogP contribution in [0, 0.1) is 13.8 Å². The molecule has 0 fully saturated rings. The van der Waals surface area contributed by atoms with Gasteiger partial charge in [-0.25, -0.2) is 4.79 Å². The average molecular weight is 246 g/mol. The lowest BCUT2D eigenvalue weighted by molar-refractivity contribution is -0.131. The molecule has 0 aliphatic heterocycles. The van der Waals surface area contributed by atoms with Crippen molar-refractivity contribution in [3.05, 3.63) is 47.1 Å². The van der Waals surface area contributed by atoms with Crippen LogP contribution in [0.5, 0.6) is 5.75 Å². The molecule has 0 spiro atoms. The third kappa shape index (κ3) is 3.48. The van der Waals surface area contributed by atoms with Crippen molar-refractivity contribution in [1.82, 2.24) is 0 Å². The van der Waals surface area contributed by atoms with Crippen molar-refractivity contribution in [1.29, 1.82) is 0 Å². The number of aryl methyl sites for hydroxylation is 2. The van der Waals surface area contributed by atoms with Gasteiger partial charge in [-0.1, -0.05) is 12.2 Å². The van der Waals surface area contributed by atoms with E-state index in [9.17, 15) is 4.79 Å². The number of benzene rings is 1. The van der Waals surface area contributed by atoms with E-state index < -0.39 is 5.97 Å². The Bertz CT molecular complexity index is 511. The maximum absolute atomic E-state index is 10.4. The number of rotatable bonds is 4. The first-order chi connectivity index (χ1) is 8.45. The number of carbonyl (C=O) groups is 1. The second-order valence-electron chi connectivity index (χ2n) is 4.18. The van der Waals surface area contributed by atoms with Crippen molar-refractivity contribution in [3.63, 3.8) is 0 Å². The van der Waals surface area contributed by atoms with Crippen LogP contribution in [-0.2, 0) is 4.79 Å². The van der Waals surface area contributed by atoms with Gasteiger partial charge in [0.1, 0.15) is 5.75 Å². The standard InChI is InChI=1S/C15H18O3/c1-10(6-5-7-15(16)17)13-8-12(3)14(18-4)9-11(13)2/h5-9H,1-4H3,(H,16,17)/b7-5+,10-6+. The van der Waals surface area contributed by atoms with E-state index in [1.807, 2.05) is 26.8 Å². The normalized spacial score (nSPS) is 11.9. The Labute approximate surface area is 107 Å². The van der Waals surface area contributed by atoms with Crippen LogP contribution >= 0.6 is 0 Å². The van der Waals surface area contributed by atoms with Gasteiger partial charge in [0.05, 0.1) is 7.11 Å². The van der Waals surface area contributed by atoms with Crippen LogP contribution in [0.1, 0.15) is 23.6 Å². The first kappa shape index (κ1) is 14.0. The van der Waals surface area contributed by atoms with Gasteiger partial charge >= 0.3 is 5.97 Å². The number of aliphatic carboxylic acids is 1. The molecule has 3 heteroatoms. The zero-order valence-corrected chi connectivity index (χ0v) is 11.2. The molecule has 0 unspecified atom stereocenters. The summed E-state index contributed by atoms with van der Waals surface area (Å²) in [5.41, 5.74) is 4.29. The molecule has 1 aromatic carbocycles. The minimum Gasteiger partial charge on any atom is -0.496 e. The molecular weight excluding hydrogens is 228 g/mol. The average Bonchev–Trinajstić information content (AvgIpc) is 2.30. The molecule has 0 saturated heterocycles. The molecule has 1 N–H and O–H groups in total. The monoisotopic (exact) mass is 246 g/mol. The molecule has 0 saturated carbocycles. The smallest absolute Gasteiger partial charge is 0.328 e. The van der Waals surface area contributed by atoms with Crippen LogP contribution < -0.4 is 4.74 Å². The molecule has 18 heavy (non-hydrogen) atoms. The number of methoxy groups -OCH3 is 1. The number of carboxylic acids is 1. The predicted molar refractivity (Wildman–Crippen MR) is 72.9 cm³/mol. The number of ether oxygens (including phenoxy) is 1. The Hall–Kier alpha value is -2.03. The third-order valence-electron chi connectivity index (χ3n) is 2.75. The molecule has 0 aliphatic rings. The molecule has 0 amide bonds. The van der Waals surface area contributed by atoms with Crippen molar-refractivity contribution in [2.24, 2.45) is 0 Å². The van der Waals surface area contributed by atoms with Gasteiger partial charge in [0.25, 0.3) is 0 Å². The molecule has 3 nitrogen and oxygen atoms in total. The summed E-state index contributed by atoms with van der Waals surface area (Å²) < 4.78 is 5.26. The van der Waals surface area contributed by atoms with Gasteiger partial charge in [-0.2, -0.15) is 0 Å². The van der Waals surface area contributed by atoms with Crippen LogP contribution in [0.2, 0.25) is 0 Å². The summed E-state index contributed by atoms with van der Waals surface area (Å²) >= 11 is 0. The number of hydrogen-bond acceptors (Lipinski definition) is 2. The molecule has 0 radical (unpaired) electrons. The molecule has 0 bridgehead atoms. The van der Waals surface area contributed by atoms with Gasteiger partial charge in [-0.05, 0) is 55.2 Å². The summed E-state index contributed by atoms with van der Waals surface area (Å²) in [7, 11) is 1.65. The van der Waals surface area contributed by atoms with E-state index in [0.717, 1.165) is 34.1 Å². The molecule has 96 valence electrons. The summed E-state index contributed by atoms with van der Waals surface area (Å²) in [5.74, 6) is -0.0770. The molecular formula is C15H18O3. The third-order valence-corrected chi connectivity index (χ3v) is 2.75. The fourth-order valence-corrected chi connectivity index (χ4v) is 1.80. The van der Waals surface area contributed by atoms with E-state index in [2.05, 4.69) is 6.07 Å². The lowest BCUT2D eigenvalue weighted by Crippen LogP contribution is -1.93. The maximum atomic E-state index is 10.4. The largest absolute Gasteiger partial charge is 0.496 e. The van der Waals surface area contributed by atoms with Crippen LogP contribution in [0.3, 0.4) is 0 Å². The van der Waals surface area contributed by atoms with E-state index in [1.54, 1.807) is 13.2 Å². The molecule has 0 aromatic heterocycles. The number of allylic oxidation sites excluding steroid dienone is 3. The Balaban J connectivity index is 3.10. The zero-order valence-electron chi connectivity index (χ0n) is 11.2. The van der Waals surface area contributed by atoms with Crippen molar-refractivity contribution < 1.29 is 14.6 Å². The zero-order chi connectivity index (χ0) is 13.7. The summed E-state index contributed by atoms with van der Waals surface area (Å²) in [6.45, 7) is 5.96. The van der Waals surface area contributed by atoms with E-state index in [-0.39, 0.29) is 0 Å². The number of hydrogen-bond donors (Lipinski definition) is 1. The predicted octanol–water partition coefficient (Wildman–Crippen LogP) is 3.36. The fourth-order valence-electron chi connectivity index (χ4n) is 1.80. The van der Waals surface area contributed by atoms with Crippen molar-refractivity contribution in [2.45, 2.75) is 20.8 Å². The second kappa shape index (κ2) is 6.05. The lowest BCUT2D eigenvalue weighted by atomic mass is 9.98. The minimum absolute atomic E-state index is 0.866. The Morgan fingerprint density at radius 2 is 1.94 bits per heavy atom. The van der Waals surface area contributed by atoms with Crippen LogP contribution in [0.4, 0.5) is 0 Å². The van der Waals surface area contributed by atoms with Gasteiger partial charge in [0, 0.05) is 6.08 Å². The van der Waals surface area contributed by atoms with Crippen molar-refractivity contribution in [3.8, 4) is 5.75 Å². The van der Waals surface area contributed by atoms with E-state index in [1.165, 1.54) is 6.08 Å². The van der Waals surface area contributed by atoms with Crippen LogP contribution in [0.15, 0.2) is 30.4 Å². The first-order valence-corrected chi connectivity index (χ1v) is 5.69. The highest BCUT2D eigenvalue weighted by Crippen LogP contribution is 2.26. The second-order valence-corrected chi connectivity index (χ2v) is 4.18. The van der Waals surface area contributed by atoms with E-state index in [4.69, 9.17) is 9.84 Å². The highest BCUT2D eigenvalue weighted by molar-refractivity contribution is 5.81. The van der Waals surface area contributed by atoms with Crippen LogP contribution in [-0.4, -0.2) is 18.2 Å². The molecule has 1 rings (SSSR count). The summed E-state index contributed by atoms with van der Waals surface area (Å²) in [6, 6.07) is 4.04.